The van der Waals surface area contributed by atoms with Crippen LogP contribution in [0.15, 0.2) is 42.5 Å². The van der Waals surface area contributed by atoms with Crippen molar-refractivity contribution in [3.05, 3.63) is 64.7 Å². The summed E-state index contributed by atoms with van der Waals surface area (Å²) in [6.07, 6.45) is 1.17. The molecule has 0 bridgehead atoms. The van der Waals surface area contributed by atoms with Crippen LogP contribution in [0.25, 0.3) is 0 Å². The Morgan fingerprint density at radius 3 is 2.34 bits per heavy atom. The largest absolute Gasteiger partial charge is 0.491 e. The fourth-order valence-electron chi connectivity index (χ4n) is 6.00. The quantitative estimate of drug-likeness (QED) is 0.481. The number of ketones is 2. The number of benzene rings is 2. The average Bonchev–Trinajstić information content (AvgIpc) is 3.13. The van der Waals surface area contributed by atoms with Crippen LogP contribution in [0.4, 0.5) is 8.78 Å². The Balaban J connectivity index is 1.51. The van der Waals surface area contributed by atoms with Crippen LogP contribution in [0.2, 0.25) is 0 Å². The van der Waals surface area contributed by atoms with E-state index in [4.69, 9.17) is 4.74 Å². The van der Waals surface area contributed by atoms with Gasteiger partial charge in [-0.1, -0.05) is 44.2 Å². The summed E-state index contributed by atoms with van der Waals surface area (Å²) in [5, 5.41) is 0. The van der Waals surface area contributed by atoms with Crippen molar-refractivity contribution in [1.29, 1.82) is 0 Å². The summed E-state index contributed by atoms with van der Waals surface area (Å²) in [4.78, 5) is 26.0. The third-order valence-corrected chi connectivity index (χ3v) is 7.94. The zero-order valence-electron chi connectivity index (χ0n) is 18.5. The lowest BCUT2D eigenvalue weighted by molar-refractivity contribution is -0.00847. The Morgan fingerprint density at radius 1 is 1.03 bits per heavy atom. The molecular formula is C27H28F2O3. The highest BCUT2D eigenvalue weighted by molar-refractivity contribution is 6.04. The van der Waals surface area contributed by atoms with Crippen LogP contribution < -0.4 is 4.74 Å². The standard InChI is InChI=1S/C27H28F2O3/c1-3-23(30)19-10-16(24(31)12-18-20-13-27(28,29)14-21(18)20)11-22-25(19)32-15-26(22,4-2)17-8-6-5-7-9-17/h5-11,18,20-21H,3-4,12-15H2,1-2H3/t18?,20-,21+,26?. The maximum atomic E-state index is 13.5. The SMILES string of the molecule is CCC(=O)c1cc(C(=O)CC2[C@H]3CC(F)(F)C[C@@H]23)cc2c1OCC2(CC)c1ccccc1. The summed E-state index contributed by atoms with van der Waals surface area (Å²) >= 11 is 0. The Labute approximate surface area is 187 Å². The summed E-state index contributed by atoms with van der Waals surface area (Å²) in [5.41, 5.74) is 2.52. The van der Waals surface area contributed by atoms with Crippen LogP contribution in [-0.4, -0.2) is 24.1 Å². The fraction of sp³-hybridized carbons (Fsp3) is 0.481. The number of alkyl halides is 2. The lowest BCUT2D eigenvalue weighted by Gasteiger charge is -2.27. The Morgan fingerprint density at radius 2 is 1.72 bits per heavy atom. The van der Waals surface area contributed by atoms with Crippen LogP contribution in [0.3, 0.4) is 0 Å². The van der Waals surface area contributed by atoms with E-state index in [1.54, 1.807) is 13.0 Å². The molecule has 2 fully saturated rings. The fourth-order valence-corrected chi connectivity index (χ4v) is 6.00. The van der Waals surface area contributed by atoms with Crippen molar-refractivity contribution in [3.63, 3.8) is 0 Å². The molecule has 168 valence electrons. The van der Waals surface area contributed by atoms with Crippen molar-refractivity contribution in [1.82, 2.24) is 0 Å². The van der Waals surface area contributed by atoms with Gasteiger partial charge in [-0.25, -0.2) is 8.78 Å². The first-order valence-electron chi connectivity index (χ1n) is 11.6. The van der Waals surface area contributed by atoms with E-state index in [0.717, 1.165) is 17.5 Å². The van der Waals surface area contributed by atoms with Gasteiger partial charge in [0.25, 0.3) is 0 Å². The molecule has 0 N–H and O–H groups in total. The lowest BCUT2D eigenvalue weighted by atomic mass is 9.73. The molecule has 2 saturated carbocycles. The van der Waals surface area contributed by atoms with Gasteiger partial charge >= 0.3 is 0 Å². The molecule has 2 aromatic rings. The van der Waals surface area contributed by atoms with E-state index in [9.17, 15) is 18.4 Å². The summed E-state index contributed by atoms with van der Waals surface area (Å²) in [7, 11) is 0. The molecule has 2 unspecified atom stereocenters. The number of ether oxygens (including phenoxy) is 1. The van der Waals surface area contributed by atoms with Gasteiger partial charge in [-0.05, 0) is 41.9 Å². The third-order valence-electron chi connectivity index (χ3n) is 7.94. The number of fused-ring (bicyclic) bond motifs is 2. The van der Waals surface area contributed by atoms with E-state index in [-0.39, 0.29) is 48.6 Å². The van der Waals surface area contributed by atoms with Crippen LogP contribution >= 0.6 is 0 Å². The molecule has 0 amide bonds. The van der Waals surface area contributed by atoms with Crippen molar-refractivity contribution in [2.45, 2.75) is 57.3 Å². The van der Waals surface area contributed by atoms with Crippen molar-refractivity contribution in [3.8, 4) is 5.75 Å². The molecule has 1 heterocycles. The molecule has 5 rings (SSSR count). The van der Waals surface area contributed by atoms with Crippen molar-refractivity contribution >= 4 is 11.6 Å². The highest BCUT2D eigenvalue weighted by Gasteiger charge is 2.62. The number of Topliss-reactive ketones (excluding diaryl/α,β-unsaturated/α-hetero) is 2. The van der Waals surface area contributed by atoms with E-state index in [2.05, 4.69) is 19.1 Å². The van der Waals surface area contributed by atoms with E-state index < -0.39 is 11.3 Å². The lowest BCUT2D eigenvalue weighted by Crippen LogP contribution is -2.28. The number of hydrogen-bond acceptors (Lipinski definition) is 3. The van der Waals surface area contributed by atoms with Gasteiger partial charge in [-0.3, -0.25) is 9.59 Å². The van der Waals surface area contributed by atoms with Gasteiger partial charge in [0.05, 0.1) is 11.0 Å². The number of carbonyl (C=O) groups is 2. The van der Waals surface area contributed by atoms with Crippen LogP contribution in [0.5, 0.6) is 5.75 Å². The zero-order valence-corrected chi connectivity index (χ0v) is 18.5. The van der Waals surface area contributed by atoms with Gasteiger partial charge in [0, 0.05) is 36.8 Å². The minimum atomic E-state index is -2.57. The normalized spacial score (nSPS) is 29.2. The van der Waals surface area contributed by atoms with Crippen LogP contribution in [0, 0.1) is 17.8 Å². The summed E-state index contributed by atoms with van der Waals surface area (Å²) in [6.45, 7) is 4.31. The van der Waals surface area contributed by atoms with Crippen LogP contribution in [-0.2, 0) is 5.41 Å². The first-order chi connectivity index (χ1) is 15.3. The average molecular weight is 439 g/mol. The number of rotatable bonds is 7. The summed E-state index contributed by atoms with van der Waals surface area (Å²) < 4.78 is 33.2. The minimum absolute atomic E-state index is 0.0393. The van der Waals surface area contributed by atoms with Crippen molar-refractivity contribution < 1.29 is 23.1 Å². The first kappa shape index (κ1) is 21.3. The topological polar surface area (TPSA) is 43.4 Å². The first-order valence-corrected chi connectivity index (χ1v) is 11.6. The van der Waals surface area contributed by atoms with Gasteiger partial charge in [-0.2, -0.15) is 0 Å². The molecule has 0 saturated heterocycles. The van der Waals surface area contributed by atoms with Gasteiger partial charge in [0.15, 0.2) is 11.6 Å². The second kappa shape index (κ2) is 7.50. The maximum Gasteiger partial charge on any atom is 0.248 e. The smallest absolute Gasteiger partial charge is 0.248 e. The molecule has 2 aromatic carbocycles. The Bertz CT molecular complexity index is 1060. The molecule has 1 aliphatic heterocycles. The van der Waals surface area contributed by atoms with Gasteiger partial charge < -0.3 is 4.74 Å². The number of hydrogen-bond donors (Lipinski definition) is 0. The predicted molar refractivity (Wildman–Crippen MR) is 118 cm³/mol. The van der Waals surface area contributed by atoms with Gasteiger partial charge in [0.2, 0.25) is 5.92 Å². The van der Waals surface area contributed by atoms with Crippen molar-refractivity contribution in [2.75, 3.05) is 6.61 Å². The molecule has 0 radical (unpaired) electrons. The highest BCUT2D eigenvalue weighted by Crippen LogP contribution is 2.64. The number of carbonyl (C=O) groups excluding carboxylic acids is 2. The molecule has 5 heteroatoms. The molecule has 4 atom stereocenters. The summed E-state index contributed by atoms with van der Waals surface area (Å²) in [6, 6.07) is 13.6. The maximum absolute atomic E-state index is 13.5. The molecule has 3 nitrogen and oxygen atoms in total. The second-order valence-corrected chi connectivity index (χ2v) is 9.65. The molecule has 0 aromatic heterocycles. The Kier molecular flexibility index (Phi) is 4.99. The summed E-state index contributed by atoms with van der Waals surface area (Å²) in [5.74, 6) is -2.14. The second-order valence-electron chi connectivity index (χ2n) is 9.65. The van der Waals surface area contributed by atoms with Crippen molar-refractivity contribution in [2.24, 2.45) is 17.8 Å². The van der Waals surface area contributed by atoms with E-state index in [1.165, 1.54) is 0 Å². The highest BCUT2D eigenvalue weighted by atomic mass is 19.3. The molecule has 32 heavy (non-hydrogen) atoms. The Hall–Kier alpha value is -2.56. The van der Waals surface area contributed by atoms with E-state index in [1.807, 2.05) is 24.3 Å². The molecule has 3 aliphatic rings. The van der Waals surface area contributed by atoms with E-state index in [0.29, 0.717) is 29.9 Å². The minimum Gasteiger partial charge on any atom is -0.491 e. The molecule has 2 aliphatic carbocycles. The van der Waals surface area contributed by atoms with Crippen LogP contribution in [0.1, 0.15) is 77.8 Å². The molecular weight excluding hydrogens is 410 g/mol. The predicted octanol–water partition coefficient (Wildman–Crippen LogP) is 6.23. The third kappa shape index (κ3) is 3.28. The monoisotopic (exact) mass is 438 g/mol. The molecule has 0 spiro atoms. The zero-order chi connectivity index (χ0) is 22.7. The number of halogens is 2. The van der Waals surface area contributed by atoms with Gasteiger partial charge in [0.1, 0.15) is 12.4 Å². The van der Waals surface area contributed by atoms with Gasteiger partial charge in [-0.15, -0.1) is 0 Å². The van der Waals surface area contributed by atoms with E-state index >= 15 is 0 Å².